The number of rotatable bonds is 12. The number of methoxy groups -OCH3 is 1. The van der Waals surface area contributed by atoms with Crippen LogP contribution in [0.2, 0.25) is 0 Å². The number of nitrogens with zero attached hydrogens (tertiary/aromatic N) is 3. The van der Waals surface area contributed by atoms with Crippen LogP contribution in [-0.2, 0) is 11.3 Å². The standard InChI is InChI=1S/C24H43N5O2.HI/c1-6-25-24(26-17-21(3)19-29-12-10-28(4)11-13-29)27-18-22-9-8-20(2)16-23(22)31-15-7-14-30-5;/h8-9,16,21H,6-7,10-15,17-19H2,1-5H3,(H2,25,26,27);1H. The predicted octanol–water partition coefficient (Wildman–Crippen LogP) is 2.97. The third-order valence-corrected chi connectivity index (χ3v) is 5.51. The molecule has 0 aliphatic carbocycles. The Morgan fingerprint density at radius 2 is 1.91 bits per heavy atom. The van der Waals surface area contributed by atoms with E-state index in [2.05, 4.69) is 66.5 Å². The Bertz CT molecular complexity index is 666. The second-order valence-corrected chi connectivity index (χ2v) is 8.59. The smallest absolute Gasteiger partial charge is 0.191 e. The van der Waals surface area contributed by atoms with Crippen LogP contribution in [0.3, 0.4) is 0 Å². The average Bonchev–Trinajstić information content (AvgIpc) is 2.76. The van der Waals surface area contributed by atoms with Gasteiger partial charge in [-0.25, -0.2) is 4.99 Å². The number of halogens is 1. The highest BCUT2D eigenvalue weighted by atomic mass is 127. The van der Waals surface area contributed by atoms with E-state index in [1.54, 1.807) is 7.11 Å². The number of aryl methyl sites for hydroxylation is 1. The van der Waals surface area contributed by atoms with Crippen molar-refractivity contribution in [2.75, 3.05) is 73.2 Å². The molecule has 1 aromatic rings. The van der Waals surface area contributed by atoms with Crippen LogP contribution < -0.4 is 15.4 Å². The molecule has 0 aromatic heterocycles. The van der Waals surface area contributed by atoms with E-state index in [-0.39, 0.29) is 24.0 Å². The maximum absolute atomic E-state index is 6.00. The highest BCUT2D eigenvalue weighted by Gasteiger charge is 2.16. The summed E-state index contributed by atoms with van der Waals surface area (Å²) in [6, 6.07) is 6.32. The first kappa shape index (κ1) is 28.9. The summed E-state index contributed by atoms with van der Waals surface area (Å²) in [4.78, 5) is 9.78. The van der Waals surface area contributed by atoms with E-state index in [1.807, 2.05) is 0 Å². The number of aliphatic imine (C=N–C) groups is 1. The van der Waals surface area contributed by atoms with Crippen LogP contribution in [0.5, 0.6) is 5.75 Å². The maximum atomic E-state index is 6.00. The van der Waals surface area contributed by atoms with Crippen molar-refractivity contribution in [3.8, 4) is 5.75 Å². The molecule has 0 saturated carbocycles. The Labute approximate surface area is 212 Å². The largest absolute Gasteiger partial charge is 0.493 e. The number of hydrogen-bond acceptors (Lipinski definition) is 5. The average molecular weight is 562 g/mol. The van der Waals surface area contributed by atoms with Crippen molar-refractivity contribution in [2.24, 2.45) is 10.9 Å². The summed E-state index contributed by atoms with van der Waals surface area (Å²) >= 11 is 0. The number of benzene rings is 1. The van der Waals surface area contributed by atoms with Gasteiger partial charge in [0.2, 0.25) is 0 Å². The van der Waals surface area contributed by atoms with Gasteiger partial charge in [0, 0.05) is 71.5 Å². The molecule has 0 spiro atoms. The van der Waals surface area contributed by atoms with Gasteiger partial charge in [0.1, 0.15) is 5.75 Å². The van der Waals surface area contributed by atoms with E-state index in [4.69, 9.17) is 14.5 Å². The molecular weight excluding hydrogens is 517 g/mol. The van der Waals surface area contributed by atoms with Gasteiger partial charge in [-0.3, -0.25) is 0 Å². The molecule has 7 nitrogen and oxygen atoms in total. The molecule has 2 N–H and O–H groups in total. The minimum atomic E-state index is 0. The minimum Gasteiger partial charge on any atom is -0.493 e. The molecule has 0 bridgehead atoms. The first-order valence-electron chi connectivity index (χ1n) is 11.7. The SMILES string of the molecule is CCNC(=NCc1ccc(C)cc1OCCCOC)NCC(C)CN1CCN(C)CC1.I. The Morgan fingerprint density at radius 3 is 2.59 bits per heavy atom. The molecule has 184 valence electrons. The fourth-order valence-electron chi connectivity index (χ4n) is 3.62. The fraction of sp³-hybridized carbons (Fsp3) is 0.708. The number of likely N-dealkylation sites (N-methyl/N-ethyl adjacent to an activating group) is 1. The van der Waals surface area contributed by atoms with Gasteiger partial charge in [-0.1, -0.05) is 19.1 Å². The van der Waals surface area contributed by atoms with Gasteiger partial charge in [0.25, 0.3) is 0 Å². The highest BCUT2D eigenvalue weighted by Crippen LogP contribution is 2.21. The van der Waals surface area contributed by atoms with Crippen LogP contribution in [0.1, 0.15) is 31.4 Å². The monoisotopic (exact) mass is 561 g/mol. The first-order valence-corrected chi connectivity index (χ1v) is 11.7. The molecule has 2 rings (SSSR count). The summed E-state index contributed by atoms with van der Waals surface area (Å²) in [5.41, 5.74) is 2.29. The van der Waals surface area contributed by atoms with Crippen molar-refractivity contribution in [3.05, 3.63) is 29.3 Å². The van der Waals surface area contributed by atoms with Crippen LogP contribution >= 0.6 is 24.0 Å². The lowest BCUT2D eigenvalue weighted by molar-refractivity contribution is 0.139. The molecule has 1 atom stereocenters. The van der Waals surface area contributed by atoms with Crippen molar-refractivity contribution in [1.29, 1.82) is 0 Å². The number of guanidine groups is 1. The molecule has 1 unspecified atom stereocenters. The molecule has 0 amide bonds. The Morgan fingerprint density at radius 1 is 1.16 bits per heavy atom. The summed E-state index contributed by atoms with van der Waals surface area (Å²) in [6.07, 6.45) is 0.878. The molecule has 32 heavy (non-hydrogen) atoms. The molecule has 1 aliphatic heterocycles. The van der Waals surface area contributed by atoms with Crippen molar-refractivity contribution < 1.29 is 9.47 Å². The predicted molar refractivity (Wildman–Crippen MR) is 145 cm³/mol. The third-order valence-electron chi connectivity index (χ3n) is 5.51. The lowest BCUT2D eigenvalue weighted by atomic mass is 10.1. The summed E-state index contributed by atoms with van der Waals surface area (Å²) in [6.45, 7) is 16.0. The molecule has 1 heterocycles. The number of piperazine rings is 1. The summed E-state index contributed by atoms with van der Waals surface area (Å²) < 4.78 is 11.1. The zero-order chi connectivity index (χ0) is 22.5. The zero-order valence-electron chi connectivity index (χ0n) is 20.7. The van der Waals surface area contributed by atoms with Crippen LogP contribution in [0, 0.1) is 12.8 Å². The van der Waals surface area contributed by atoms with E-state index in [0.29, 0.717) is 25.7 Å². The lowest BCUT2D eigenvalue weighted by Crippen LogP contribution is -2.47. The topological polar surface area (TPSA) is 61.4 Å². The van der Waals surface area contributed by atoms with Gasteiger partial charge < -0.3 is 29.9 Å². The second kappa shape index (κ2) is 16.5. The second-order valence-electron chi connectivity index (χ2n) is 8.59. The van der Waals surface area contributed by atoms with Crippen molar-refractivity contribution >= 4 is 29.9 Å². The van der Waals surface area contributed by atoms with E-state index in [9.17, 15) is 0 Å². The molecule has 1 aliphatic rings. The number of ether oxygens (including phenoxy) is 2. The van der Waals surface area contributed by atoms with E-state index < -0.39 is 0 Å². The minimum absolute atomic E-state index is 0. The fourth-order valence-corrected chi connectivity index (χ4v) is 3.62. The van der Waals surface area contributed by atoms with Crippen molar-refractivity contribution in [1.82, 2.24) is 20.4 Å². The van der Waals surface area contributed by atoms with Gasteiger partial charge in [0.05, 0.1) is 13.2 Å². The first-order chi connectivity index (χ1) is 15.0. The molecule has 1 saturated heterocycles. The van der Waals surface area contributed by atoms with E-state index in [0.717, 1.165) is 69.5 Å². The molecular formula is C24H44IN5O2. The number of nitrogens with one attached hydrogen (secondary N) is 2. The number of hydrogen-bond donors (Lipinski definition) is 2. The van der Waals surface area contributed by atoms with Crippen molar-refractivity contribution in [2.45, 2.75) is 33.7 Å². The Kier molecular flexibility index (Phi) is 14.9. The van der Waals surface area contributed by atoms with Crippen LogP contribution in [0.15, 0.2) is 23.2 Å². The highest BCUT2D eigenvalue weighted by molar-refractivity contribution is 14.0. The van der Waals surface area contributed by atoms with Crippen LogP contribution in [0.4, 0.5) is 0 Å². The normalized spacial score (nSPS) is 16.3. The molecule has 1 aromatic carbocycles. The Balaban J connectivity index is 0.00000512. The van der Waals surface area contributed by atoms with Gasteiger partial charge in [-0.2, -0.15) is 0 Å². The summed E-state index contributed by atoms with van der Waals surface area (Å²) in [5.74, 6) is 2.34. The summed E-state index contributed by atoms with van der Waals surface area (Å²) in [5, 5.41) is 6.89. The molecule has 8 heteroatoms. The maximum Gasteiger partial charge on any atom is 0.191 e. The summed E-state index contributed by atoms with van der Waals surface area (Å²) in [7, 11) is 3.92. The molecule has 0 radical (unpaired) electrons. The van der Waals surface area contributed by atoms with Crippen molar-refractivity contribution in [3.63, 3.8) is 0 Å². The molecule has 1 fully saturated rings. The van der Waals surface area contributed by atoms with E-state index in [1.165, 1.54) is 5.56 Å². The Hall–Kier alpha value is -1.10. The van der Waals surface area contributed by atoms with Gasteiger partial charge in [0.15, 0.2) is 5.96 Å². The lowest BCUT2D eigenvalue weighted by Gasteiger charge is -2.34. The van der Waals surface area contributed by atoms with E-state index >= 15 is 0 Å². The zero-order valence-corrected chi connectivity index (χ0v) is 23.0. The van der Waals surface area contributed by atoms with Gasteiger partial charge in [-0.05, 0) is 38.4 Å². The quantitative estimate of drug-likeness (QED) is 0.177. The third kappa shape index (κ3) is 11.2. The van der Waals surface area contributed by atoms with Crippen LogP contribution in [0.25, 0.3) is 0 Å². The van der Waals surface area contributed by atoms with Gasteiger partial charge in [-0.15, -0.1) is 24.0 Å². The van der Waals surface area contributed by atoms with Gasteiger partial charge >= 0.3 is 0 Å². The van der Waals surface area contributed by atoms with Crippen LogP contribution in [-0.4, -0.2) is 88.9 Å².